The first-order valence-electron chi connectivity index (χ1n) is 8.55. The highest BCUT2D eigenvalue weighted by Gasteiger charge is 2.23. The van der Waals surface area contributed by atoms with Crippen LogP contribution in [0.25, 0.3) is 11.0 Å². The van der Waals surface area contributed by atoms with Gasteiger partial charge >= 0.3 is 0 Å². The molecule has 0 aliphatic carbocycles. The van der Waals surface area contributed by atoms with Crippen molar-refractivity contribution in [1.29, 1.82) is 0 Å². The van der Waals surface area contributed by atoms with Gasteiger partial charge in [-0.3, -0.25) is 4.98 Å². The summed E-state index contributed by atoms with van der Waals surface area (Å²) < 4.78 is 13.3. The maximum Gasteiger partial charge on any atom is 0.125 e. The third-order valence-corrected chi connectivity index (χ3v) is 4.85. The summed E-state index contributed by atoms with van der Waals surface area (Å²) in [5.41, 5.74) is 2.80. The average molecular weight is 324 g/mol. The number of benzene rings is 1. The largest absolute Gasteiger partial charge is 0.342 e. The first-order valence-corrected chi connectivity index (χ1v) is 8.55. The smallest absolute Gasteiger partial charge is 0.125 e. The highest BCUT2D eigenvalue weighted by molar-refractivity contribution is 5.75. The van der Waals surface area contributed by atoms with Gasteiger partial charge in [-0.05, 0) is 56.3 Å². The minimum absolute atomic E-state index is 0.220. The zero-order valence-electron chi connectivity index (χ0n) is 13.6. The standard InChI is InChI=1S/C19H21FN4/c20-15-4-5-17-18(13-15)23-19(22-17)14-6-10-24(11-7-14)12-8-16-3-1-2-9-21-16/h1-5,9,13-14H,6-8,10-12H2,(H,22,23). The number of piperidine rings is 1. The number of pyridine rings is 1. The molecule has 1 fully saturated rings. The van der Waals surface area contributed by atoms with Crippen molar-refractivity contribution in [3.63, 3.8) is 0 Å². The van der Waals surface area contributed by atoms with E-state index in [1.54, 1.807) is 6.07 Å². The summed E-state index contributed by atoms with van der Waals surface area (Å²) in [6.07, 6.45) is 5.02. The van der Waals surface area contributed by atoms with Gasteiger partial charge in [0.1, 0.15) is 11.6 Å². The Morgan fingerprint density at radius 3 is 2.83 bits per heavy atom. The minimum Gasteiger partial charge on any atom is -0.342 e. The Balaban J connectivity index is 1.35. The third kappa shape index (κ3) is 3.31. The number of aromatic nitrogens is 3. The highest BCUT2D eigenvalue weighted by Crippen LogP contribution is 2.27. The third-order valence-electron chi connectivity index (χ3n) is 4.85. The SMILES string of the molecule is Fc1ccc2nc(C3CCN(CCc4ccccn4)CC3)[nH]c2c1. The van der Waals surface area contributed by atoms with Crippen molar-refractivity contribution in [3.8, 4) is 0 Å². The van der Waals surface area contributed by atoms with Gasteiger partial charge in [0.25, 0.3) is 0 Å². The van der Waals surface area contributed by atoms with Crippen LogP contribution in [0.4, 0.5) is 4.39 Å². The monoisotopic (exact) mass is 324 g/mol. The molecule has 0 radical (unpaired) electrons. The normalized spacial score (nSPS) is 16.7. The molecule has 0 saturated carbocycles. The molecule has 2 aromatic heterocycles. The van der Waals surface area contributed by atoms with Gasteiger partial charge in [0.05, 0.1) is 11.0 Å². The Bertz CT molecular complexity index is 807. The fourth-order valence-electron chi connectivity index (χ4n) is 3.44. The number of H-pyrrole nitrogens is 1. The van der Waals surface area contributed by atoms with Crippen LogP contribution < -0.4 is 0 Å². The van der Waals surface area contributed by atoms with E-state index in [1.807, 2.05) is 18.3 Å². The quantitative estimate of drug-likeness (QED) is 0.798. The lowest BCUT2D eigenvalue weighted by Gasteiger charge is -2.30. The van der Waals surface area contributed by atoms with Gasteiger partial charge in [-0.25, -0.2) is 9.37 Å². The van der Waals surface area contributed by atoms with E-state index in [2.05, 4.69) is 25.9 Å². The zero-order chi connectivity index (χ0) is 16.4. The summed E-state index contributed by atoms with van der Waals surface area (Å²) in [6.45, 7) is 3.20. The Hall–Kier alpha value is -2.27. The van der Waals surface area contributed by atoms with E-state index in [4.69, 9.17) is 0 Å². The number of imidazole rings is 1. The van der Waals surface area contributed by atoms with Crippen molar-refractivity contribution >= 4 is 11.0 Å². The van der Waals surface area contributed by atoms with Crippen molar-refractivity contribution < 1.29 is 4.39 Å². The Kier molecular flexibility index (Phi) is 4.26. The summed E-state index contributed by atoms with van der Waals surface area (Å²) in [7, 11) is 0. The molecule has 4 rings (SSSR count). The van der Waals surface area contributed by atoms with E-state index in [-0.39, 0.29) is 5.82 Å². The molecule has 1 aromatic carbocycles. The van der Waals surface area contributed by atoms with Crippen molar-refractivity contribution in [1.82, 2.24) is 19.9 Å². The van der Waals surface area contributed by atoms with E-state index < -0.39 is 0 Å². The molecule has 0 spiro atoms. The van der Waals surface area contributed by atoms with Crippen molar-refractivity contribution in [2.75, 3.05) is 19.6 Å². The van der Waals surface area contributed by atoms with Gasteiger partial charge in [-0.1, -0.05) is 6.07 Å². The van der Waals surface area contributed by atoms with E-state index in [1.165, 1.54) is 12.1 Å². The minimum atomic E-state index is -0.220. The number of nitrogens with one attached hydrogen (secondary N) is 1. The van der Waals surface area contributed by atoms with Crippen LogP contribution in [0.2, 0.25) is 0 Å². The fraction of sp³-hybridized carbons (Fsp3) is 0.368. The lowest BCUT2D eigenvalue weighted by Crippen LogP contribution is -2.34. The van der Waals surface area contributed by atoms with Crippen molar-refractivity contribution in [2.45, 2.75) is 25.2 Å². The topological polar surface area (TPSA) is 44.8 Å². The number of fused-ring (bicyclic) bond motifs is 1. The fourth-order valence-corrected chi connectivity index (χ4v) is 3.44. The van der Waals surface area contributed by atoms with E-state index >= 15 is 0 Å². The zero-order valence-corrected chi connectivity index (χ0v) is 13.6. The Labute approximate surface area is 140 Å². The number of rotatable bonds is 4. The van der Waals surface area contributed by atoms with Crippen LogP contribution in [-0.4, -0.2) is 39.5 Å². The van der Waals surface area contributed by atoms with Crippen molar-refractivity contribution in [2.24, 2.45) is 0 Å². The van der Waals surface area contributed by atoms with E-state index in [0.29, 0.717) is 5.92 Å². The first-order chi connectivity index (χ1) is 11.8. The lowest BCUT2D eigenvalue weighted by molar-refractivity contribution is 0.211. The van der Waals surface area contributed by atoms with Crippen LogP contribution in [0.1, 0.15) is 30.3 Å². The maximum atomic E-state index is 13.3. The van der Waals surface area contributed by atoms with Crippen LogP contribution in [0, 0.1) is 5.82 Å². The summed E-state index contributed by atoms with van der Waals surface area (Å²) in [5, 5.41) is 0. The summed E-state index contributed by atoms with van der Waals surface area (Å²) in [6, 6.07) is 10.8. The molecule has 124 valence electrons. The summed E-state index contributed by atoms with van der Waals surface area (Å²) in [4.78, 5) is 14.8. The van der Waals surface area contributed by atoms with Gasteiger partial charge in [0.15, 0.2) is 0 Å². The summed E-state index contributed by atoms with van der Waals surface area (Å²) >= 11 is 0. The molecule has 1 saturated heterocycles. The first kappa shape index (κ1) is 15.3. The van der Waals surface area contributed by atoms with Crippen LogP contribution in [0.3, 0.4) is 0 Å². The predicted octanol–water partition coefficient (Wildman–Crippen LogP) is 3.52. The second-order valence-corrected chi connectivity index (χ2v) is 6.47. The molecular weight excluding hydrogens is 303 g/mol. The van der Waals surface area contributed by atoms with Gasteiger partial charge in [0, 0.05) is 30.8 Å². The van der Waals surface area contributed by atoms with Gasteiger partial charge in [0.2, 0.25) is 0 Å². The number of halogens is 1. The predicted molar refractivity (Wildman–Crippen MR) is 92.4 cm³/mol. The lowest BCUT2D eigenvalue weighted by atomic mass is 9.96. The Morgan fingerprint density at radius 1 is 1.17 bits per heavy atom. The van der Waals surface area contributed by atoms with E-state index in [9.17, 15) is 4.39 Å². The van der Waals surface area contributed by atoms with Gasteiger partial charge in [-0.2, -0.15) is 0 Å². The number of hydrogen-bond donors (Lipinski definition) is 1. The molecular formula is C19H21FN4. The number of aromatic amines is 1. The average Bonchev–Trinajstić information content (AvgIpc) is 3.04. The molecule has 0 amide bonds. The second kappa shape index (κ2) is 6.69. The molecule has 24 heavy (non-hydrogen) atoms. The molecule has 3 aromatic rings. The number of nitrogens with zero attached hydrogens (tertiary/aromatic N) is 3. The van der Waals surface area contributed by atoms with Crippen LogP contribution in [0.15, 0.2) is 42.6 Å². The van der Waals surface area contributed by atoms with Crippen LogP contribution >= 0.6 is 0 Å². The maximum absolute atomic E-state index is 13.3. The Morgan fingerprint density at radius 2 is 2.04 bits per heavy atom. The molecule has 4 nitrogen and oxygen atoms in total. The molecule has 0 atom stereocenters. The van der Waals surface area contributed by atoms with Crippen molar-refractivity contribution in [3.05, 3.63) is 59.9 Å². The van der Waals surface area contributed by atoms with Gasteiger partial charge in [-0.15, -0.1) is 0 Å². The second-order valence-electron chi connectivity index (χ2n) is 6.47. The van der Waals surface area contributed by atoms with Crippen LogP contribution in [-0.2, 0) is 6.42 Å². The summed E-state index contributed by atoms with van der Waals surface area (Å²) in [5.74, 6) is 1.22. The molecule has 3 heterocycles. The molecule has 1 aliphatic rings. The van der Waals surface area contributed by atoms with E-state index in [0.717, 1.165) is 61.4 Å². The van der Waals surface area contributed by atoms with Gasteiger partial charge < -0.3 is 9.88 Å². The molecule has 1 N–H and O–H groups in total. The number of likely N-dealkylation sites (tertiary alicyclic amines) is 1. The number of hydrogen-bond acceptors (Lipinski definition) is 3. The molecule has 1 aliphatic heterocycles. The highest BCUT2D eigenvalue weighted by atomic mass is 19.1. The molecule has 0 bridgehead atoms. The molecule has 5 heteroatoms. The van der Waals surface area contributed by atoms with Crippen LogP contribution in [0.5, 0.6) is 0 Å². The molecule has 0 unspecified atom stereocenters.